The summed E-state index contributed by atoms with van der Waals surface area (Å²) in [5.41, 5.74) is 0. The Bertz CT molecular complexity index is 114. The van der Waals surface area contributed by atoms with Gasteiger partial charge in [-0.2, -0.15) is 0 Å². The first-order valence-corrected chi connectivity index (χ1v) is 2.86. The molecule has 0 aromatic carbocycles. The molecule has 0 bridgehead atoms. The van der Waals surface area contributed by atoms with Crippen molar-refractivity contribution < 1.29 is 9.47 Å². The molecular weight excluding hydrogens is 128 g/mol. The van der Waals surface area contributed by atoms with Gasteiger partial charge in [-0.1, -0.05) is 0 Å². The minimum Gasteiger partial charge on any atom is -0.481 e. The van der Waals surface area contributed by atoms with Gasteiger partial charge in [0.25, 0.3) is 0 Å². The lowest BCUT2D eigenvalue weighted by molar-refractivity contribution is 0.249. The molecule has 0 radical (unpaired) electrons. The average Bonchev–Trinajstić information content (AvgIpc) is 2.45. The zero-order chi connectivity index (χ0) is 5.98. The van der Waals surface area contributed by atoms with Gasteiger partial charge in [0.2, 0.25) is 5.22 Å². The Kier molecular flexibility index (Phi) is 1.63. The normalized spacial score (nSPS) is 21.8. The van der Waals surface area contributed by atoms with Crippen LogP contribution in [-0.2, 0) is 9.47 Å². The number of halogens is 1. The zero-order valence-corrected chi connectivity index (χ0v) is 5.36. The van der Waals surface area contributed by atoms with Crippen molar-refractivity contribution in [1.82, 2.24) is 0 Å². The Morgan fingerprint density at radius 2 is 2.62 bits per heavy atom. The molecule has 0 saturated carbocycles. The molecule has 46 valence electrons. The second-order valence-corrected chi connectivity index (χ2v) is 1.76. The van der Waals surface area contributed by atoms with Crippen LogP contribution in [0.15, 0.2) is 11.0 Å². The molecule has 0 spiro atoms. The summed E-state index contributed by atoms with van der Waals surface area (Å²) < 4.78 is 9.63. The lowest BCUT2D eigenvalue weighted by Crippen LogP contribution is -1.82. The molecule has 1 aliphatic rings. The summed E-state index contributed by atoms with van der Waals surface area (Å²) in [6.07, 6.45) is 0. The summed E-state index contributed by atoms with van der Waals surface area (Å²) in [5.74, 6) is 0.772. The third kappa shape index (κ3) is 1.30. The van der Waals surface area contributed by atoms with Crippen LogP contribution >= 0.6 is 11.6 Å². The van der Waals surface area contributed by atoms with E-state index in [9.17, 15) is 0 Å². The summed E-state index contributed by atoms with van der Waals surface area (Å²) >= 11 is 5.51. The quantitative estimate of drug-likeness (QED) is 0.421. The number of hydrogen-bond acceptors (Lipinski definition) is 2. The summed E-state index contributed by atoms with van der Waals surface area (Å²) in [7, 11) is 0. The van der Waals surface area contributed by atoms with Gasteiger partial charge in [-0.15, -0.1) is 0 Å². The van der Waals surface area contributed by atoms with Crippen LogP contribution in [0.5, 0.6) is 0 Å². The van der Waals surface area contributed by atoms with Gasteiger partial charge in [0, 0.05) is 0 Å². The molecule has 2 nitrogen and oxygen atoms in total. The fourth-order valence-electron chi connectivity index (χ4n) is 0.357. The van der Waals surface area contributed by atoms with Crippen molar-refractivity contribution in [1.29, 1.82) is 0 Å². The van der Waals surface area contributed by atoms with Gasteiger partial charge in [0.15, 0.2) is 5.76 Å². The Balaban J connectivity index is 2.33. The molecule has 0 amide bonds. The SMILES string of the molecule is CCOC(Cl)=C1CO1. The molecule has 0 unspecified atom stereocenters. The number of rotatable bonds is 2. The van der Waals surface area contributed by atoms with Crippen LogP contribution in [0.3, 0.4) is 0 Å². The van der Waals surface area contributed by atoms with Crippen molar-refractivity contribution in [3.8, 4) is 0 Å². The summed E-state index contributed by atoms with van der Waals surface area (Å²) in [6, 6.07) is 0. The maximum absolute atomic E-state index is 5.51. The van der Waals surface area contributed by atoms with Crippen LogP contribution in [-0.4, -0.2) is 13.2 Å². The second kappa shape index (κ2) is 2.27. The van der Waals surface area contributed by atoms with E-state index in [1.165, 1.54) is 0 Å². The van der Waals surface area contributed by atoms with E-state index in [0.717, 1.165) is 5.76 Å². The molecule has 0 aromatic rings. The largest absolute Gasteiger partial charge is 0.481 e. The van der Waals surface area contributed by atoms with Gasteiger partial charge in [0.1, 0.15) is 6.61 Å². The van der Waals surface area contributed by atoms with Gasteiger partial charge < -0.3 is 9.47 Å². The first-order chi connectivity index (χ1) is 3.84. The lowest BCUT2D eigenvalue weighted by atomic mass is 10.7. The maximum Gasteiger partial charge on any atom is 0.229 e. The third-order valence-corrected chi connectivity index (χ3v) is 1.10. The molecule has 1 saturated heterocycles. The van der Waals surface area contributed by atoms with Crippen molar-refractivity contribution in [2.75, 3.05) is 13.2 Å². The monoisotopic (exact) mass is 134 g/mol. The Labute approximate surface area is 53.0 Å². The Morgan fingerprint density at radius 1 is 2.00 bits per heavy atom. The molecule has 0 N–H and O–H groups in total. The van der Waals surface area contributed by atoms with Crippen molar-refractivity contribution >= 4 is 11.6 Å². The van der Waals surface area contributed by atoms with Crippen LogP contribution in [0.2, 0.25) is 0 Å². The molecule has 1 fully saturated rings. The zero-order valence-electron chi connectivity index (χ0n) is 4.61. The summed E-state index contributed by atoms with van der Waals surface area (Å²) in [4.78, 5) is 0. The molecule has 1 heterocycles. The van der Waals surface area contributed by atoms with Gasteiger partial charge in [0.05, 0.1) is 6.61 Å². The van der Waals surface area contributed by atoms with Gasteiger partial charge >= 0.3 is 0 Å². The molecule has 3 heteroatoms. The second-order valence-electron chi connectivity index (χ2n) is 1.42. The smallest absolute Gasteiger partial charge is 0.229 e. The van der Waals surface area contributed by atoms with E-state index in [1.807, 2.05) is 6.92 Å². The minimum atomic E-state index is 0.410. The van der Waals surface area contributed by atoms with Crippen molar-refractivity contribution in [2.24, 2.45) is 0 Å². The van der Waals surface area contributed by atoms with Crippen LogP contribution in [0.4, 0.5) is 0 Å². The van der Waals surface area contributed by atoms with E-state index in [1.54, 1.807) is 0 Å². The van der Waals surface area contributed by atoms with Crippen LogP contribution in [0.1, 0.15) is 6.92 Å². The lowest BCUT2D eigenvalue weighted by Gasteiger charge is -1.93. The van der Waals surface area contributed by atoms with Gasteiger partial charge in [-0.05, 0) is 18.5 Å². The number of epoxide rings is 1. The highest BCUT2D eigenvalue weighted by atomic mass is 35.5. The molecule has 8 heavy (non-hydrogen) atoms. The van der Waals surface area contributed by atoms with Crippen molar-refractivity contribution in [2.45, 2.75) is 6.92 Å². The highest BCUT2D eigenvalue weighted by Crippen LogP contribution is 2.22. The van der Waals surface area contributed by atoms with Crippen LogP contribution < -0.4 is 0 Å². The predicted octanol–water partition coefficient (Wildman–Crippen LogP) is 1.46. The number of ether oxygens (including phenoxy) is 2. The van der Waals surface area contributed by atoms with E-state index < -0.39 is 0 Å². The fraction of sp³-hybridized carbons (Fsp3) is 0.600. The van der Waals surface area contributed by atoms with E-state index in [2.05, 4.69) is 0 Å². The van der Waals surface area contributed by atoms with E-state index >= 15 is 0 Å². The van der Waals surface area contributed by atoms with Gasteiger partial charge in [-0.3, -0.25) is 0 Å². The first kappa shape index (κ1) is 5.76. The average molecular weight is 135 g/mol. The van der Waals surface area contributed by atoms with Crippen molar-refractivity contribution in [3.63, 3.8) is 0 Å². The van der Waals surface area contributed by atoms with E-state index in [4.69, 9.17) is 21.1 Å². The summed E-state index contributed by atoms with van der Waals surface area (Å²) in [6.45, 7) is 3.12. The molecule has 0 atom stereocenters. The maximum atomic E-state index is 5.51. The van der Waals surface area contributed by atoms with Crippen LogP contribution in [0, 0.1) is 0 Å². The molecule has 0 aromatic heterocycles. The highest BCUT2D eigenvalue weighted by molar-refractivity contribution is 6.28. The first-order valence-electron chi connectivity index (χ1n) is 2.49. The molecule has 1 aliphatic heterocycles. The third-order valence-electron chi connectivity index (χ3n) is 0.779. The number of hydrogen-bond donors (Lipinski definition) is 0. The van der Waals surface area contributed by atoms with Gasteiger partial charge in [-0.25, -0.2) is 0 Å². The van der Waals surface area contributed by atoms with E-state index in [0.29, 0.717) is 18.4 Å². The standard InChI is InChI=1S/C5H7ClO2/c1-2-7-5(6)4-3-8-4/h2-3H2,1H3. The summed E-state index contributed by atoms with van der Waals surface area (Å²) in [5, 5.41) is 0.410. The molecular formula is C5H7ClO2. The van der Waals surface area contributed by atoms with Crippen molar-refractivity contribution in [3.05, 3.63) is 11.0 Å². The molecule has 1 rings (SSSR count). The molecule has 0 aliphatic carbocycles. The van der Waals surface area contributed by atoms with Crippen LogP contribution in [0.25, 0.3) is 0 Å². The predicted molar refractivity (Wildman–Crippen MR) is 30.5 cm³/mol. The minimum absolute atomic E-state index is 0.410. The fourth-order valence-corrected chi connectivity index (χ4v) is 0.575. The highest BCUT2D eigenvalue weighted by Gasteiger charge is 2.19. The Hall–Kier alpha value is -0.370. The Morgan fingerprint density at radius 3 is 3.00 bits per heavy atom. The van der Waals surface area contributed by atoms with E-state index in [-0.39, 0.29) is 0 Å². The topological polar surface area (TPSA) is 21.8 Å².